The summed E-state index contributed by atoms with van der Waals surface area (Å²) in [6, 6.07) is 14.1. The van der Waals surface area contributed by atoms with Gasteiger partial charge in [0.15, 0.2) is 0 Å². The number of likely N-dealkylation sites (tertiary alicyclic amines) is 1. The fourth-order valence-corrected chi connectivity index (χ4v) is 6.11. The third-order valence-electron chi connectivity index (χ3n) is 8.40. The van der Waals surface area contributed by atoms with Crippen LogP contribution in [0.4, 0.5) is 0 Å². The van der Waals surface area contributed by atoms with E-state index in [-0.39, 0.29) is 11.8 Å². The first-order valence-electron chi connectivity index (χ1n) is 14.2. The van der Waals surface area contributed by atoms with Crippen molar-refractivity contribution in [2.75, 3.05) is 33.3 Å². The van der Waals surface area contributed by atoms with Crippen LogP contribution in [-0.4, -0.2) is 64.5 Å². The van der Waals surface area contributed by atoms with Gasteiger partial charge in [0.05, 0.1) is 29.3 Å². The Morgan fingerprint density at radius 2 is 1.84 bits per heavy atom. The standard InChI is InChI=1S/C31H40N4O3/c1-3-17-35-23-32-26-22-25(12-13-27(26)35)29(36)34-18-15-31(16-19-34)14-8-4-5-9-24-10-6-7-11-28(24)38-21-20-33(2)30(31)37/h6-7,10-13,22-23H,3-5,8-9,14-21H2,1-2H3. The van der Waals surface area contributed by atoms with Gasteiger partial charge in [-0.15, -0.1) is 0 Å². The van der Waals surface area contributed by atoms with Gasteiger partial charge in [0.25, 0.3) is 5.91 Å². The monoisotopic (exact) mass is 516 g/mol. The number of rotatable bonds is 3. The maximum atomic E-state index is 13.8. The highest BCUT2D eigenvalue weighted by atomic mass is 16.5. The van der Waals surface area contributed by atoms with E-state index in [2.05, 4.69) is 28.6 Å². The zero-order valence-electron chi connectivity index (χ0n) is 22.8. The molecule has 3 heterocycles. The predicted molar refractivity (Wildman–Crippen MR) is 149 cm³/mol. The van der Waals surface area contributed by atoms with E-state index in [1.807, 2.05) is 53.5 Å². The SMILES string of the molecule is CCCn1cnc2cc(C(=O)N3CCC4(CCCCCc5ccccc5OCCN(C)C4=O)CC3)ccc21. The number of carbonyl (C=O) groups is 2. The molecule has 0 saturated carbocycles. The van der Waals surface area contributed by atoms with Crippen molar-refractivity contribution in [3.8, 4) is 5.75 Å². The van der Waals surface area contributed by atoms with Crippen LogP contribution in [0.2, 0.25) is 0 Å². The molecule has 7 heteroatoms. The highest BCUT2D eigenvalue weighted by Gasteiger charge is 2.43. The predicted octanol–water partition coefficient (Wildman–Crippen LogP) is 5.32. The number of hydrogen-bond donors (Lipinski definition) is 0. The van der Waals surface area contributed by atoms with Crippen molar-refractivity contribution in [1.82, 2.24) is 19.4 Å². The van der Waals surface area contributed by atoms with Crippen molar-refractivity contribution in [2.45, 2.75) is 64.8 Å². The minimum atomic E-state index is -0.407. The molecule has 1 saturated heterocycles. The molecule has 2 amide bonds. The topological polar surface area (TPSA) is 67.7 Å². The molecular weight excluding hydrogens is 476 g/mol. The molecule has 0 unspecified atom stereocenters. The van der Waals surface area contributed by atoms with E-state index in [0.29, 0.717) is 44.6 Å². The molecule has 0 atom stereocenters. The normalized spacial score (nSPS) is 18.8. The Morgan fingerprint density at radius 1 is 1.03 bits per heavy atom. The van der Waals surface area contributed by atoms with Crippen molar-refractivity contribution in [3.63, 3.8) is 0 Å². The number of aromatic nitrogens is 2. The van der Waals surface area contributed by atoms with Crippen molar-refractivity contribution in [1.29, 1.82) is 0 Å². The van der Waals surface area contributed by atoms with Crippen molar-refractivity contribution < 1.29 is 14.3 Å². The summed E-state index contributed by atoms with van der Waals surface area (Å²) >= 11 is 0. The summed E-state index contributed by atoms with van der Waals surface area (Å²) in [6.07, 6.45) is 9.36. The minimum absolute atomic E-state index is 0.0309. The van der Waals surface area contributed by atoms with E-state index in [1.165, 1.54) is 5.56 Å². The number of nitrogens with zero attached hydrogens (tertiary/aromatic N) is 4. The molecule has 38 heavy (non-hydrogen) atoms. The first-order valence-corrected chi connectivity index (χ1v) is 14.2. The molecule has 2 aliphatic rings. The smallest absolute Gasteiger partial charge is 0.253 e. The van der Waals surface area contributed by atoms with Gasteiger partial charge in [0.2, 0.25) is 5.91 Å². The Hall–Kier alpha value is -3.35. The molecule has 2 aromatic carbocycles. The van der Waals surface area contributed by atoms with Crippen molar-refractivity contribution >= 4 is 22.8 Å². The summed E-state index contributed by atoms with van der Waals surface area (Å²) in [5.74, 6) is 1.16. The highest BCUT2D eigenvalue weighted by Crippen LogP contribution is 2.39. The minimum Gasteiger partial charge on any atom is -0.491 e. The molecular formula is C31H40N4O3. The molecule has 1 spiro atoms. The van der Waals surface area contributed by atoms with Crippen LogP contribution in [0, 0.1) is 5.41 Å². The lowest BCUT2D eigenvalue weighted by atomic mass is 9.73. The molecule has 7 nitrogen and oxygen atoms in total. The lowest BCUT2D eigenvalue weighted by molar-refractivity contribution is -0.144. The summed E-state index contributed by atoms with van der Waals surface area (Å²) in [6.45, 7) is 5.30. The number of fused-ring (bicyclic) bond motifs is 2. The number of ether oxygens (including phenoxy) is 1. The van der Waals surface area contributed by atoms with Gasteiger partial charge in [-0.25, -0.2) is 4.98 Å². The second-order valence-corrected chi connectivity index (χ2v) is 11.0. The summed E-state index contributed by atoms with van der Waals surface area (Å²) in [5, 5.41) is 0. The van der Waals surface area contributed by atoms with Gasteiger partial charge in [-0.2, -0.15) is 0 Å². The van der Waals surface area contributed by atoms with E-state index < -0.39 is 5.41 Å². The lowest BCUT2D eigenvalue weighted by Crippen LogP contribution is -2.51. The van der Waals surface area contributed by atoms with Gasteiger partial charge in [-0.05, 0) is 68.4 Å². The fraction of sp³-hybridized carbons (Fsp3) is 0.516. The van der Waals surface area contributed by atoms with Crippen molar-refractivity contribution in [3.05, 3.63) is 59.9 Å². The summed E-state index contributed by atoms with van der Waals surface area (Å²) in [4.78, 5) is 35.5. The van der Waals surface area contributed by atoms with Crippen LogP contribution in [-0.2, 0) is 17.8 Å². The van der Waals surface area contributed by atoms with Crippen LogP contribution < -0.4 is 4.74 Å². The highest BCUT2D eigenvalue weighted by molar-refractivity contribution is 5.97. The average molecular weight is 517 g/mol. The van der Waals surface area contributed by atoms with Gasteiger partial charge >= 0.3 is 0 Å². The van der Waals surface area contributed by atoms with Crippen LogP contribution >= 0.6 is 0 Å². The first-order chi connectivity index (χ1) is 18.5. The van der Waals surface area contributed by atoms with E-state index in [9.17, 15) is 9.59 Å². The number of imidazole rings is 1. The quantitative estimate of drug-likeness (QED) is 0.472. The van der Waals surface area contributed by atoms with Gasteiger partial charge in [-0.3, -0.25) is 9.59 Å². The van der Waals surface area contributed by atoms with Gasteiger partial charge in [0.1, 0.15) is 12.4 Å². The van der Waals surface area contributed by atoms with Gasteiger partial charge in [0, 0.05) is 32.2 Å². The molecule has 202 valence electrons. The molecule has 5 rings (SSSR count). The Bertz CT molecular complexity index is 1280. The number of likely N-dealkylation sites (N-methyl/N-ethyl adjacent to an activating group) is 1. The Morgan fingerprint density at radius 3 is 2.66 bits per heavy atom. The lowest BCUT2D eigenvalue weighted by Gasteiger charge is -2.42. The number of amides is 2. The molecule has 1 aromatic heterocycles. The molecule has 0 N–H and O–H groups in total. The second kappa shape index (κ2) is 11.6. The number of para-hydroxylation sites is 1. The number of aryl methyl sites for hydroxylation is 2. The van der Waals surface area contributed by atoms with Gasteiger partial charge < -0.3 is 19.1 Å². The number of benzene rings is 2. The summed E-state index contributed by atoms with van der Waals surface area (Å²) < 4.78 is 8.22. The molecule has 3 aromatic rings. The largest absolute Gasteiger partial charge is 0.491 e. The van der Waals surface area contributed by atoms with Crippen LogP contribution in [0.5, 0.6) is 5.75 Å². The van der Waals surface area contributed by atoms with Crippen LogP contribution in [0.3, 0.4) is 0 Å². The van der Waals surface area contributed by atoms with Gasteiger partial charge in [-0.1, -0.05) is 38.0 Å². The zero-order chi connectivity index (χ0) is 26.5. The number of hydrogen-bond acceptors (Lipinski definition) is 4. The Balaban J connectivity index is 1.26. The Labute approximate surface area is 225 Å². The average Bonchev–Trinajstić information content (AvgIpc) is 3.35. The maximum absolute atomic E-state index is 13.8. The zero-order valence-corrected chi connectivity index (χ0v) is 22.8. The first kappa shape index (κ1) is 26.3. The van der Waals surface area contributed by atoms with Crippen LogP contribution in [0.15, 0.2) is 48.8 Å². The second-order valence-electron chi connectivity index (χ2n) is 11.0. The van der Waals surface area contributed by atoms with E-state index in [4.69, 9.17) is 4.74 Å². The molecule has 0 aliphatic carbocycles. The Kier molecular flexibility index (Phi) is 8.01. The fourth-order valence-electron chi connectivity index (χ4n) is 6.11. The van der Waals surface area contributed by atoms with Crippen molar-refractivity contribution in [2.24, 2.45) is 5.41 Å². The van der Waals surface area contributed by atoms with Crippen LogP contribution in [0.25, 0.3) is 11.0 Å². The van der Waals surface area contributed by atoms with E-state index in [1.54, 1.807) is 0 Å². The molecule has 0 bridgehead atoms. The molecule has 2 aliphatic heterocycles. The third kappa shape index (κ3) is 5.42. The van der Waals surface area contributed by atoms with Crippen LogP contribution in [0.1, 0.15) is 67.8 Å². The van der Waals surface area contributed by atoms with E-state index >= 15 is 0 Å². The summed E-state index contributed by atoms with van der Waals surface area (Å²) in [7, 11) is 1.89. The summed E-state index contributed by atoms with van der Waals surface area (Å²) in [5.41, 5.74) is 3.43. The maximum Gasteiger partial charge on any atom is 0.253 e. The molecule has 0 radical (unpaired) electrons. The number of piperidine rings is 1. The van der Waals surface area contributed by atoms with E-state index in [0.717, 1.165) is 61.9 Å². The molecule has 1 fully saturated rings. The third-order valence-corrected chi connectivity index (χ3v) is 8.40. The number of carbonyl (C=O) groups excluding carboxylic acids is 2.